The van der Waals surface area contributed by atoms with Crippen LogP contribution in [-0.2, 0) is 4.79 Å². The van der Waals surface area contributed by atoms with Crippen LogP contribution in [0.25, 0.3) is 0 Å². The molecule has 2 rings (SSSR count). The van der Waals surface area contributed by atoms with Crippen molar-refractivity contribution < 1.29 is 9.59 Å². The van der Waals surface area contributed by atoms with Gasteiger partial charge in [-0.3, -0.25) is 9.59 Å². The van der Waals surface area contributed by atoms with E-state index in [0.29, 0.717) is 12.1 Å². The second-order valence-corrected chi connectivity index (χ2v) is 5.62. The van der Waals surface area contributed by atoms with Gasteiger partial charge in [-0.05, 0) is 31.7 Å². The minimum atomic E-state index is -0.733. The summed E-state index contributed by atoms with van der Waals surface area (Å²) in [5.74, 6) is -0.506. The fourth-order valence-electron chi connectivity index (χ4n) is 2.21. The van der Waals surface area contributed by atoms with E-state index >= 15 is 0 Å². The topological polar surface area (TPSA) is 70.2 Å². The standard InChI is InChI=1S/C19H23N3O2/c1-14(20-2)13-21-19(24)17(15-9-5-3-6-10-15)22-18(23)16-11-7-4-8-12-16/h3-12,14,17,20H,13H2,1-2H3,(H,21,24)(H,22,23). The average molecular weight is 325 g/mol. The SMILES string of the molecule is CNC(C)CNC(=O)C(NC(=O)c1ccccc1)c1ccccc1. The lowest BCUT2D eigenvalue weighted by atomic mass is 10.1. The molecule has 0 spiro atoms. The van der Waals surface area contributed by atoms with Crippen molar-refractivity contribution in [2.24, 2.45) is 0 Å². The Bertz CT molecular complexity index is 659. The van der Waals surface area contributed by atoms with E-state index in [1.165, 1.54) is 0 Å². The highest BCUT2D eigenvalue weighted by molar-refractivity contribution is 5.97. The van der Waals surface area contributed by atoms with Gasteiger partial charge in [0.1, 0.15) is 6.04 Å². The second kappa shape index (κ2) is 8.84. The van der Waals surface area contributed by atoms with Crippen LogP contribution in [0.5, 0.6) is 0 Å². The second-order valence-electron chi connectivity index (χ2n) is 5.62. The van der Waals surface area contributed by atoms with E-state index in [9.17, 15) is 9.59 Å². The Kier molecular flexibility index (Phi) is 6.51. The molecule has 0 fully saturated rings. The third-order valence-electron chi connectivity index (χ3n) is 3.78. The molecule has 0 aliphatic carbocycles. The largest absolute Gasteiger partial charge is 0.352 e. The number of carbonyl (C=O) groups is 2. The van der Waals surface area contributed by atoms with Gasteiger partial charge >= 0.3 is 0 Å². The average Bonchev–Trinajstić information content (AvgIpc) is 2.65. The van der Waals surface area contributed by atoms with Crippen molar-refractivity contribution >= 4 is 11.8 Å². The highest BCUT2D eigenvalue weighted by Gasteiger charge is 2.23. The lowest BCUT2D eigenvalue weighted by Gasteiger charge is -2.20. The van der Waals surface area contributed by atoms with E-state index in [-0.39, 0.29) is 17.9 Å². The molecule has 3 N–H and O–H groups in total. The van der Waals surface area contributed by atoms with Gasteiger partial charge in [0.2, 0.25) is 5.91 Å². The van der Waals surface area contributed by atoms with Gasteiger partial charge in [0, 0.05) is 18.2 Å². The molecule has 5 heteroatoms. The molecular weight excluding hydrogens is 302 g/mol. The summed E-state index contributed by atoms with van der Waals surface area (Å²) >= 11 is 0. The Morgan fingerprint density at radius 1 is 0.958 bits per heavy atom. The number of benzene rings is 2. The molecule has 2 aromatic carbocycles. The van der Waals surface area contributed by atoms with Crippen LogP contribution < -0.4 is 16.0 Å². The number of nitrogens with one attached hydrogen (secondary N) is 3. The van der Waals surface area contributed by atoms with Crippen LogP contribution in [0.2, 0.25) is 0 Å². The fraction of sp³-hybridized carbons (Fsp3) is 0.263. The Morgan fingerprint density at radius 3 is 2.12 bits per heavy atom. The third-order valence-corrected chi connectivity index (χ3v) is 3.78. The summed E-state index contributed by atoms with van der Waals surface area (Å²) in [5, 5.41) is 8.76. The number of hydrogen-bond acceptors (Lipinski definition) is 3. The van der Waals surface area contributed by atoms with E-state index in [1.807, 2.05) is 50.4 Å². The maximum absolute atomic E-state index is 12.6. The monoisotopic (exact) mass is 325 g/mol. The molecule has 5 nitrogen and oxygen atoms in total. The third kappa shape index (κ3) is 4.93. The lowest BCUT2D eigenvalue weighted by molar-refractivity contribution is -0.123. The van der Waals surface area contributed by atoms with Crippen molar-refractivity contribution in [3.63, 3.8) is 0 Å². The first-order valence-electron chi connectivity index (χ1n) is 7.97. The summed E-state index contributed by atoms with van der Waals surface area (Å²) < 4.78 is 0. The van der Waals surface area contributed by atoms with E-state index < -0.39 is 6.04 Å². The summed E-state index contributed by atoms with van der Waals surface area (Å²) in [4.78, 5) is 25.0. The number of likely N-dealkylation sites (N-methyl/N-ethyl adjacent to an activating group) is 1. The maximum Gasteiger partial charge on any atom is 0.252 e. The summed E-state index contributed by atoms with van der Waals surface area (Å²) in [6, 6.07) is 17.5. The van der Waals surface area contributed by atoms with Crippen LogP contribution in [0.3, 0.4) is 0 Å². The molecule has 2 amide bonds. The van der Waals surface area contributed by atoms with Gasteiger partial charge in [-0.2, -0.15) is 0 Å². The van der Waals surface area contributed by atoms with Crippen molar-refractivity contribution in [2.45, 2.75) is 19.0 Å². The summed E-state index contributed by atoms with van der Waals surface area (Å²) in [5.41, 5.74) is 1.27. The van der Waals surface area contributed by atoms with Gasteiger partial charge in [-0.1, -0.05) is 48.5 Å². The van der Waals surface area contributed by atoms with Gasteiger partial charge in [0.25, 0.3) is 5.91 Å². The van der Waals surface area contributed by atoms with Gasteiger partial charge in [-0.15, -0.1) is 0 Å². The zero-order chi connectivity index (χ0) is 17.4. The molecule has 0 aliphatic rings. The minimum absolute atomic E-state index is 0.148. The molecule has 0 bridgehead atoms. The molecule has 0 saturated carbocycles. The first kappa shape index (κ1) is 17.7. The predicted molar refractivity (Wildman–Crippen MR) is 94.6 cm³/mol. The molecule has 0 heterocycles. The van der Waals surface area contributed by atoms with Crippen LogP contribution in [0, 0.1) is 0 Å². The lowest BCUT2D eigenvalue weighted by Crippen LogP contribution is -2.44. The molecular formula is C19H23N3O2. The van der Waals surface area contributed by atoms with Crippen LogP contribution in [0.4, 0.5) is 0 Å². The number of rotatable bonds is 7. The van der Waals surface area contributed by atoms with Gasteiger partial charge in [0.15, 0.2) is 0 Å². The molecule has 2 aromatic rings. The smallest absolute Gasteiger partial charge is 0.252 e. The summed E-state index contributed by atoms with van der Waals surface area (Å²) in [6.45, 7) is 2.46. The molecule has 0 aliphatic heterocycles. The molecule has 0 aromatic heterocycles. The fourth-order valence-corrected chi connectivity index (χ4v) is 2.21. The zero-order valence-corrected chi connectivity index (χ0v) is 14.0. The molecule has 2 unspecified atom stereocenters. The number of carbonyl (C=O) groups excluding carboxylic acids is 2. The zero-order valence-electron chi connectivity index (χ0n) is 14.0. The van der Waals surface area contributed by atoms with Gasteiger partial charge in [0.05, 0.1) is 0 Å². The van der Waals surface area contributed by atoms with Crippen molar-refractivity contribution in [3.05, 3.63) is 71.8 Å². The summed E-state index contributed by atoms with van der Waals surface area (Å²) in [6.07, 6.45) is 0. The highest BCUT2D eigenvalue weighted by atomic mass is 16.2. The van der Waals surface area contributed by atoms with Crippen molar-refractivity contribution in [1.29, 1.82) is 0 Å². The highest BCUT2D eigenvalue weighted by Crippen LogP contribution is 2.14. The van der Waals surface area contributed by atoms with Gasteiger partial charge in [-0.25, -0.2) is 0 Å². The van der Waals surface area contributed by atoms with E-state index in [4.69, 9.17) is 0 Å². The first-order valence-corrected chi connectivity index (χ1v) is 7.97. The van der Waals surface area contributed by atoms with Crippen molar-refractivity contribution in [2.75, 3.05) is 13.6 Å². The molecule has 24 heavy (non-hydrogen) atoms. The van der Waals surface area contributed by atoms with Crippen molar-refractivity contribution in [3.8, 4) is 0 Å². The number of amides is 2. The quantitative estimate of drug-likeness (QED) is 0.728. The Balaban J connectivity index is 2.14. The minimum Gasteiger partial charge on any atom is -0.352 e. The van der Waals surface area contributed by atoms with Crippen LogP contribution in [0.15, 0.2) is 60.7 Å². The molecule has 0 saturated heterocycles. The van der Waals surface area contributed by atoms with Crippen LogP contribution >= 0.6 is 0 Å². The molecule has 2 atom stereocenters. The van der Waals surface area contributed by atoms with E-state index in [2.05, 4.69) is 16.0 Å². The Labute approximate surface area is 142 Å². The normalized spacial score (nSPS) is 12.9. The molecule has 126 valence electrons. The Morgan fingerprint density at radius 2 is 1.54 bits per heavy atom. The van der Waals surface area contributed by atoms with E-state index in [0.717, 1.165) is 5.56 Å². The van der Waals surface area contributed by atoms with Crippen molar-refractivity contribution in [1.82, 2.24) is 16.0 Å². The molecule has 0 radical (unpaired) electrons. The van der Waals surface area contributed by atoms with Crippen LogP contribution in [0.1, 0.15) is 28.9 Å². The van der Waals surface area contributed by atoms with Gasteiger partial charge < -0.3 is 16.0 Å². The predicted octanol–water partition coefficient (Wildman–Crippen LogP) is 1.88. The first-order chi connectivity index (χ1) is 11.6. The van der Waals surface area contributed by atoms with Crippen LogP contribution in [-0.4, -0.2) is 31.4 Å². The summed E-state index contributed by atoms with van der Waals surface area (Å²) in [7, 11) is 1.84. The van der Waals surface area contributed by atoms with E-state index in [1.54, 1.807) is 24.3 Å². The Hall–Kier alpha value is -2.66. The maximum atomic E-state index is 12.6. The number of hydrogen-bond donors (Lipinski definition) is 3.